The Balaban J connectivity index is 1.60. The van der Waals surface area contributed by atoms with E-state index in [0.29, 0.717) is 18.8 Å². The molecule has 1 aliphatic rings. The summed E-state index contributed by atoms with van der Waals surface area (Å²) in [5, 5.41) is 11.1. The molecule has 0 bridgehead atoms. The Morgan fingerprint density at radius 2 is 2.16 bits per heavy atom. The minimum absolute atomic E-state index is 0.00736. The Labute approximate surface area is 146 Å². The second-order valence-electron chi connectivity index (χ2n) is 5.99. The van der Waals surface area contributed by atoms with Gasteiger partial charge in [0.25, 0.3) is 5.91 Å². The number of nitrogens with one attached hydrogen (secondary N) is 1. The van der Waals surface area contributed by atoms with Gasteiger partial charge in [0.2, 0.25) is 0 Å². The molecule has 2 aromatic heterocycles. The van der Waals surface area contributed by atoms with E-state index in [1.54, 1.807) is 31.6 Å². The van der Waals surface area contributed by atoms with Gasteiger partial charge in [-0.3, -0.25) is 9.78 Å². The van der Waals surface area contributed by atoms with Crippen LogP contribution in [0.2, 0.25) is 0 Å². The number of pyridine rings is 1. The van der Waals surface area contributed by atoms with Crippen molar-refractivity contribution in [2.45, 2.75) is 19.0 Å². The summed E-state index contributed by atoms with van der Waals surface area (Å²) in [4.78, 5) is 17.9. The first kappa shape index (κ1) is 17.3. The third-order valence-corrected chi connectivity index (χ3v) is 5.91. The smallest absolute Gasteiger partial charge is 0.274 e. The van der Waals surface area contributed by atoms with Crippen LogP contribution < -0.4 is 5.32 Å². The average molecular weight is 361 g/mol. The number of carbonyl (C=O) groups is 1. The lowest BCUT2D eigenvalue weighted by Crippen LogP contribution is -2.38. The van der Waals surface area contributed by atoms with Crippen molar-refractivity contribution in [3.05, 3.63) is 47.9 Å². The molecule has 1 saturated heterocycles. The van der Waals surface area contributed by atoms with Crippen LogP contribution in [0, 0.1) is 0 Å². The minimum atomic E-state index is -3.04. The Morgan fingerprint density at radius 1 is 1.32 bits per heavy atom. The van der Waals surface area contributed by atoms with Crippen LogP contribution >= 0.6 is 0 Å². The monoisotopic (exact) mass is 361 g/mol. The van der Waals surface area contributed by atoms with E-state index in [2.05, 4.69) is 20.5 Å². The first-order valence-corrected chi connectivity index (χ1v) is 9.71. The van der Waals surface area contributed by atoms with Crippen molar-refractivity contribution in [1.29, 1.82) is 0 Å². The number of aromatic nitrogens is 3. The highest BCUT2D eigenvalue weighted by Crippen LogP contribution is 2.18. The molecule has 0 radical (unpaired) electrons. The molecule has 1 atom stereocenters. The van der Waals surface area contributed by atoms with Gasteiger partial charge in [-0.2, -0.15) is 0 Å². The van der Waals surface area contributed by atoms with Crippen molar-refractivity contribution in [1.82, 2.24) is 20.1 Å². The maximum atomic E-state index is 12.4. The summed E-state index contributed by atoms with van der Waals surface area (Å²) in [5.74, 6) is 0.353. The van der Waals surface area contributed by atoms with Crippen molar-refractivity contribution in [2.24, 2.45) is 0 Å². The summed E-state index contributed by atoms with van der Waals surface area (Å²) < 4.78 is 23.1. The molecule has 0 saturated carbocycles. The van der Waals surface area contributed by atoms with Crippen LogP contribution in [-0.2, 0) is 16.4 Å². The van der Waals surface area contributed by atoms with E-state index in [-0.39, 0.29) is 29.1 Å². The molecule has 1 N–H and O–H groups in total. The lowest BCUT2D eigenvalue weighted by atomic mass is 10.2. The molecule has 1 aliphatic heterocycles. The number of rotatable bonds is 5. The van der Waals surface area contributed by atoms with E-state index in [0.717, 1.165) is 5.56 Å². The van der Waals surface area contributed by atoms with Crippen molar-refractivity contribution in [2.75, 3.05) is 23.9 Å². The van der Waals surface area contributed by atoms with Crippen molar-refractivity contribution >= 4 is 21.6 Å². The Morgan fingerprint density at radius 3 is 2.76 bits per heavy atom. The van der Waals surface area contributed by atoms with Gasteiger partial charge in [-0.1, -0.05) is 6.07 Å². The van der Waals surface area contributed by atoms with Crippen molar-refractivity contribution in [3.63, 3.8) is 0 Å². The first-order valence-electron chi connectivity index (χ1n) is 7.89. The zero-order valence-corrected chi connectivity index (χ0v) is 14.6. The summed E-state index contributed by atoms with van der Waals surface area (Å²) in [6.07, 6.45) is 3.92. The summed E-state index contributed by atoms with van der Waals surface area (Å²) in [6.45, 7) is 0.551. The summed E-state index contributed by atoms with van der Waals surface area (Å²) >= 11 is 0. The van der Waals surface area contributed by atoms with E-state index >= 15 is 0 Å². The molecule has 132 valence electrons. The van der Waals surface area contributed by atoms with Gasteiger partial charge in [-0.05, 0) is 30.2 Å². The standard InChI is InChI=1S/C16H19N5O3S/c1-21(13-6-8-25(23,24)11-13)16(22)14-4-5-15(20-19-14)18-10-12-3-2-7-17-9-12/h2-5,7,9,13H,6,8,10-11H2,1H3,(H,18,20). The quantitative estimate of drug-likeness (QED) is 0.837. The molecule has 1 amide bonds. The largest absolute Gasteiger partial charge is 0.364 e. The molecule has 8 nitrogen and oxygen atoms in total. The van der Waals surface area contributed by atoms with E-state index < -0.39 is 9.84 Å². The molecule has 1 fully saturated rings. The van der Waals surface area contributed by atoms with Gasteiger partial charge in [-0.15, -0.1) is 10.2 Å². The number of anilines is 1. The maximum absolute atomic E-state index is 12.4. The number of hydrogen-bond acceptors (Lipinski definition) is 7. The van der Waals surface area contributed by atoms with Gasteiger partial charge in [0.05, 0.1) is 11.5 Å². The second-order valence-corrected chi connectivity index (χ2v) is 8.22. The highest BCUT2D eigenvalue weighted by Gasteiger charge is 2.33. The van der Waals surface area contributed by atoms with Gasteiger partial charge in [-0.25, -0.2) is 8.42 Å². The fraction of sp³-hybridized carbons (Fsp3) is 0.375. The normalized spacial score (nSPS) is 18.7. The molecule has 2 aromatic rings. The lowest BCUT2D eigenvalue weighted by molar-refractivity contribution is 0.0740. The Hall–Kier alpha value is -2.55. The van der Waals surface area contributed by atoms with Gasteiger partial charge < -0.3 is 10.2 Å². The van der Waals surface area contributed by atoms with Crippen LogP contribution in [-0.4, -0.2) is 59.0 Å². The van der Waals surface area contributed by atoms with Gasteiger partial charge in [0.1, 0.15) is 5.82 Å². The molecule has 9 heteroatoms. The fourth-order valence-electron chi connectivity index (χ4n) is 2.66. The minimum Gasteiger partial charge on any atom is -0.364 e. The number of carbonyl (C=O) groups excluding carboxylic acids is 1. The third kappa shape index (κ3) is 4.30. The van der Waals surface area contributed by atoms with Crippen molar-refractivity contribution in [3.8, 4) is 0 Å². The van der Waals surface area contributed by atoms with Crippen LogP contribution in [0.4, 0.5) is 5.82 Å². The fourth-order valence-corrected chi connectivity index (χ4v) is 4.44. The highest BCUT2D eigenvalue weighted by molar-refractivity contribution is 7.91. The van der Waals surface area contributed by atoms with Crippen LogP contribution in [0.15, 0.2) is 36.7 Å². The van der Waals surface area contributed by atoms with Crippen molar-refractivity contribution < 1.29 is 13.2 Å². The Bertz CT molecular complexity index is 840. The summed E-state index contributed by atoms with van der Waals surface area (Å²) in [5.41, 5.74) is 1.20. The van der Waals surface area contributed by atoms with Gasteiger partial charge >= 0.3 is 0 Å². The highest BCUT2D eigenvalue weighted by atomic mass is 32.2. The second kappa shape index (κ2) is 7.14. The molecule has 3 rings (SSSR count). The average Bonchev–Trinajstić information content (AvgIpc) is 3.00. The molecule has 25 heavy (non-hydrogen) atoms. The summed E-state index contributed by atoms with van der Waals surface area (Å²) in [7, 11) is -1.44. The predicted octanol–water partition coefficient (Wildman–Crippen LogP) is 0.743. The van der Waals surface area contributed by atoms with E-state index in [1.165, 1.54) is 4.90 Å². The predicted molar refractivity (Wildman–Crippen MR) is 92.7 cm³/mol. The maximum Gasteiger partial charge on any atom is 0.274 e. The zero-order valence-electron chi connectivity index (χ0n) is 13.8. The van der Waals surface area contributed by atoms with Crippen LogP contribution in [0.5, 0.6) is 0 Å². The molecule has 0 aliphatic carbocycles. The summed E-state index contributed by atoms with van der Waals surface area (Å²) in [6, 6.07) is 6.75. The Kier molecular flexibility index (Phi) is 4.93. The van der Waals surface area contributed by atoms with Gasteiger partial charge in [0, 0.05) is 32.0 Å². The van der Waals surface area contributed by atoms with E-state index in [9.17, 15) is 13.2 Å². The van der Waals surface area contributed by atoms with Crippen LogP contribution in [0.25, 0.3) is 0 Å². The number of nitrogens with zero attached hydrogens (tertiary/aromatic N) is 4. The molecule has 0 spiro atoms. The number of amides is 1. The molecule has 0 aromatic carbocycles. The molecular formula is C16H19N5O3S. The molecular weight excluding hydrogens is 342 g/mol. The van der Waals surface area contributed by atoms with E-state index in [4.69, 9.17) is 0 Å². The molecule has 3 heterocycles. The third-order valence-electron chi connectivity index (χ3n) is 4.16. The zero-order chi connectivity index (χ0) is 17.9. The number of sulfone groups is 1. The SMILES string of the molecule is CN(C(=O)c1ccc(NCc2cccnc2)nn1)C1CCS(=O)(=O)C1. The van der Waals surface area contributed by atoms with E-state index in [1.807, 2.05) is 12.1 Å². The van der Waals surface area contributed by atoms with Gasteiger partial charge in [0.15, 0.2) is 15.5 Å². The van der Waals surface area contributed by atoms with Crippen LogP contribution in [0.1, 0.15) is 22.5 Å². The number of hydrogen-bond donors (Lipinski definition) is 1. The first-order chi connectivity index (χ1) is 11.9. The lowest BCUT2D eigenvalue weighted by Gasteiger charge is -2.22. The topological polar surface area (TPSA) is 105 Å². The van der Waals surface area contributed by atoms with Crippen LogP contribution in [0.3, 0.4) is 0 Å². The molecule has 1 unspecified atom stereocenters.